The van der Waals surface area contributed by atoms with Crippen LogP contribution in [0, 0.1) is 0 Å². The summed E-state index contributed by atoms with van der Waals surface area (Å²) in [6.07, 6.45) is -4.45. The molecule has 4 rings (SSSR count). The first-order valence-corrected chi connectivity index (χ1v) is 10.0. The summed E-state index contributed by atoms with van der Waals surface area (Å²) in [7, 11) is 1.51. The standard InChI is InChI=1S/C22H16F3NO4S/c1-30-14-8-4-12(5-9-14)17-18-19(31-20(17)21(28)29)15(10-16(27)26-18)11-2-6-13(7-3-11)22(23,24)25/h2-9,15H,10H2,1H3,(H,26,27)(H,28,29)/t15-/m0/s1. The lowest BCUT2D eigenvalue weighted by atomic mass is 9.88. The van der Waals surface area contributed by atoms with E-state index in [4.69, 9.17) is 4.74 Å². The number of alkyl halides is 3. The molecule has 0 bridgehead atoms. The Morgan fingerprint density at radius 1 is 1.13 bits per heavy atom. The molecule has 0 radical (unpaired) electrons. The number of carbonyl (C=O) groups excluding carboxylic acids is 1. The molecule has 0 aliphatic carbocycles. The Kier molecular flexibility index (Phi) is 5.22. The second kappa shape index (κ2) is 7.73. The molecule has 9 heteroatoms. The molecule has 0 spiro atoms. The van der Waals surface area contributed by atoms with Crippen molar-refractivity contribution >= 4 is 28.9 Å². The predicted molar refractivity (Wildman–Crippen MR) is 110 cm³/mol. The summed E-state index contributed by atoms with van der Waals surface area (Å²) in [6, 6.07) is 11.4. The van der Waals surface area contributed by atoms with Crippen LogP contribution < -0.4 is 10.1 Å². The van der Waals surface area contributed by atoms with Gasteiger partial charge in [0, 0.05) is 22.8 Å². The maximum absolute atomic E-state index is 12.9. The molecular formula is C22H16F3NO4S. The maximum Gasteiger partial charge on any atom is 0.416 e. The number of carboxylic acids is 1. The highest BCUT2D eigenvalue weighted by atomic mass is 32.1. The summed E-state index contributed by atoms with van der Waals surface area (Å²) in [5.74, 6) is -1.43. The van der Waals surface area contributed by atoms with Crippen LogP contribution in [0.1, 0.15) is 38.0 Å². The zero-order chi connectivity index (χ0) is 22.3. The van der Waals surface area contributed by atoms with Crippen molar-refractivity contribution in [2.75, 3.05) is 12.4 Å². The average molecular weight is 447 g/mol. The smallest absolute Gasteiger partial charge is 0.416 e. The molecule has 3 aromatic rings. The third-order valence-electron chi connectivity index (χ3n) is 5.12. The predicted octanol–water partition coefficient (Wildman–Crippen LogP) is 5.61. The van der Waals surface area contributed by atoms with Crippen molar-refractivity contribution in [1.29, 1.82) is 0 Å². The minimum absolute atomic E-state index is 0.0139. The zero-order valence-corrected chi connectivity index (χ0v) is 16.9. The van der Waals surface area contributed by atoms with E-state index in [1.54, 1.807) is 24.3 Å². The molecule has 2 heterocycles. The van der Waals surface area contributed by atoms with Crippen molar-refractivity contribution in [1.82, 2.24) is 0 Å². The molecule has 160 valence electrons. The molecule has 2 N–H and O–H groups in total. The van der Waals surface area contributed by atoms with Gasteiger partial charge in [-0.2, -0.15) is 13.2 Å². The molecule has 2 aromatic carbocycles. The van der Waals surface area contributed by atoms with Crippen LogP contribution in [0.4, 0.5) is 18.9 Å². The van der Waals surface area contributed by atoms with E-state index in [1.165, 1.54) is 19.2 Å². The van der Waals surface area contributed by atoms with Crippen LogP contribution in [-0.2, 0) is 11.0 Å². The Morgan fingerprint density at radius 3 is 2.32 bits per heavy atom. The molecule has 1 aliphatic heterocycles. The lowest BCUT2D eigenvalue weighted by molar-refractivity contribution is -0.137. The first-order valence-electron chi connectivity index (χ1n) is 9.20. The number of hydrogen-bond acceptors (Lipinski definition) is 4. The first-order chi connectivity index (χ1) is 14.7. The van der Waals surface area contributed by atoms with Crippen molar-refractivity contribution < 1.29 is 32.6 Å². The van der Waals surface area contributed by atoms with E-state index in [9.17, 15) is 27.9 Å². The topological polar surface area (TPSA) is 75.6 Å². The number of hydrogen-bond donors (Lipinski definition) is 2. The fourth-order valence-electron chi connectivity index (χ4n) is 3.64. The normalized spacial score (nSPS) is 15.9. The maximum atomic E-state index is 12.9. The van der Waals surface area contributed by atoms with Gasteiger partial charge in [-0.25, -0.2) is 4.79 Å². The van der Waals surface area contributed by atoms with Gasteiger partial charge >= 0.3 is 12.1 Å². The molecule has 0 saturated carbocycles. The van der Waals surface area contributed by atoms with Gasteiger partial charge in [0.15, 0.2) is 0 Å². The highest BCUT2D eigenvalue weighted by Crippen LogP contribution is 2.49. The zero-order valence-electron chi connectivity index (χ0n) is 16.1. The number of benzene rings is 2. The number of fused-ring (bicyclic) bond motifs is 1. The van der Waals surface area contributed by atoms with Gasteiger partial charge in [0.25, 0.3) is 0 Å². The summed E-state index contributed by atoms with van der Waals surface area (Å²) in [6.45, 7) is 0. The molecule has 0 unspecified atom stereocenters. The van der Waals surface area contributed by atoms with Crippen LogP contribution in [0.15, 0.2) is 48.5 Å². The fourth-order valence-corrected chi connectivity index (χ4v) is 4.89. The summed E-state index contributed by atoms with van der Waals surface area (Å²) >= 11 is 1.02. The largest absolute Gasteiger partial charge is 0.497 e. The molecule has 1 atom stereocenters. The Balaban J connectivity index is 1.84. The van der Waals surface area contributed by atoms with Crippen LogP contribution in [0.2, 0.25) is 0 Å². The number of thiophene rings is 1. The number of amides is 1. The molecular weight excluding hydrogens is 431 g/mol. The number of carbonyl (C=O) groups is 2. The van der Waals surface area contributed by atoms with E-state index in [-0.39, 0.29) is 17.2 Å². The molecule has 31 heavy (non-hydrogen) atoms. The number of aromatic carboxylic acids is 1. The summed E-state index contributed by atoms with van der Waals surface area (Å²) in [4.78, 5) is 25.1. The second-order valence-corrected chi connectivity index (χ2v) is 8.06. The number of methoxy groups -OCH3 is 1. The van der Waals surface area contributed by atoms with Crippen LogP contribution in [-0.4, -0.2) is 24.1 Å². The number of anilines is 1. The number of rotatable bonds is 4. The van der Waals surface area contributed by atoms with Crippen LogP contribution in [0.25, 0.3) is 11.1 Å². The van der Waals surface area contributed by atoms with Gasteiger partial charge in [0.1, 0.15) is 10.6 Å². The van der Waals surface area contributed by atoms with Crippen molar-refractivity contribution in [3.63, 3.8) is 0 Å². The van der Waals surface area contributed by atoms with Gasteiger partial charge in [-0.15, -0.1) is 11.3 Å². The van der Waals surface area contributed by atoms with E-state index in [0.29, 0.717) is 33.0 Å². The minimum atomic E-state index is -4.46. The monoisotopic (exact) mass is 447 g/mol. The highest BCUT2D eigenvalue weighted by Gasteiger charge is 2.35. The van der Waals surface area contributed by atoms with Gasteiger partial charge in [0.2, 0.25) is 5.91 Å². The van der Waals surface area contributed by atoms with Crippen molar-refractivity contribution in [3.05, 3.63) is 69.4 Å². The highest BCUT2D eigenvalue weighted by molar-refractivity contribution is 7.15. The number of halogens is 3. The molecule has 1 aliphatic rings. The van der Waals surface area contributed by atoms with Gasteiger partial charge < -0.3 is 15.2 Å². The number of nitrogens with one attached hydrogen (secondary N) is 1. The van der Waals surface area contributed by atoms with E-state index in [0.717, 1.165) is 23.5 Å². The molecule has 0 fully saturated rings. The Bertz CT molecular complexity index is 1150. The lowest BCUT2D eigenvalue weighted by Crippen LogP contribution is -2.22. The first kappa shape index (κ1) is 20.9. The summed E-state index contributed by atoms with van der Waals surface area (Å²) < 4.78 is 43.9. The number of carboxylic acid groups (broad SMARTS) is 1. The Hall–Kier alpha value is -3.33. The Labute approximate surface area is 179 Å². The minimum Gasteiger partial charge on any atom is -0.497 e. The second-order valence-electron chi connectivity index (χ2n) is 7.00. The summed E-state index contributed by atoms with van der Waals surface area (Å²) in [5, 5.41) is 12.5. The van der Waals surface area contributed by atoms with Gasteiger partial charge in [-0.3, -0.25) is 4.79 Å². The number of ether oxygens (including phenoxy) is 1. The quantitative estimate of drug-likeness (QED) is 0.545. The third-order valence-corrected chi connectivity index (χ3v) is 6.41. The van der Waals surface area contributed by atoms with Crippen LogP contribution in [0.3, 0.4) is 0 Å². The van der Waals surface area contributed by atoms with Crippen LogP contribution >= 0.6 is 11.3 Å². The van der Waals surface area contributed by atoms with Crippen molar-refractivity contribution in [2.45, 2.75) is 18.5 Å². The summed E-state index contributed by atoms with van der Waals surface area (Å²) in [5.41, 5.74) is 1.08. The van der Waals surface area contributed by atoms with E-state index < -0.39 is 23.6 Å². The third kappa shape index (κ3) is 3.88. The molecule has 0 saturated heterocycles. The van der Waals surface area contributed by atoms with E-state index in [2.05, 4.69) is 5.32 Å². The molecule has 1 amide bonds. The lowest BCUT2D eigenvalue weighted by Gasteiger charge is -2.24. The van der Waals surface area contributed by atoms with Gasteiger partial charge in [-0.1, -0.05) is 24.3 Å². The van der Waals surface area contributed by atoms with E-state index in [1.807, 2.05) is 0 Å². The fraction of sp³-hybridized carbons (Fsp3) is 0.182. The van der Waals surface area contributed by atoms with Crippen molar-refractivity contribution in [3.8, 4) is 16.9 Å². The van der Waals surface area contributed by atoms with Crippen LogP contribution in [0.5, 0.6) is 5.75 Å². The molecule has 5 nitrogen and oxygen atoms in total. The SMILES string of the molecule is COc1ccc(-c2c(C(=O)O)sc3c2NC(=O)C[C@H]3c2ccc(C(F)(F)F)cc2)cc1. The molecule has 1 aromatic heterocycles. The Morgan fingerprint density at radius 2 is 1.77 bits per heavy atom. The van der Waals surface area contributed by atoms with Gasteiger partial charge in [0.05, 0.1) is 18.4 Å². The van der Waals surface area contributed by atoms with Crippen molar-refractivity contribution in [2.24, 2.45) is 0 Å². The van der Waals surface area contributed by atoms with Gasteiger partial charge in [-0.05, 0) is 35.4 Å². The van der Waals surface area contributed by atoms with E-state index >= 15 is 0 Å². The average Bonchev–Trinajstić information content (AvgIpc) is 3.12.